The normalized spacial score (nSPS) is 31.5. The highest BCUT2D eigenvalue weighted by molar-refractivity contribution is 6.21. The second kappa shape index (κ2) is 6.62. The lowest BCUT2D eigenvalue weighted by Gasteiger charge is -2.40. The summed E-state index contributed by atoms with van der Waals surface area (Å²) < 4.78 is 16.1. The number of ether oxygens (including phenoxy) is 3. The molecule has 3 atom stereocenters. The van der Waals surface area contributed by atoms with Crippen molar-refractivity contribution in [3.63, 3.8) is 0 Å². The van der Waals surface area contributed by atoms with Gasteiger partial charge < -0.3 is 14.2 Å². The highest BCUT2D eigenvalue weighted by Crippen LogP contribution is 2.31. The number of alkyl halides is 1. The van der Waals surface area contributed by atoms with E-state index < -0.39 is 0 Å². The molecule has 0 aliphatic heterocycles. The van der Waals surface area contributed by atoms with Crippen molar-refractivity contribution in [1.29, 1.82) is 0 Å². The van der Waals surface area contributed by atoms with Crippen molar-refractivity contribution in [2.45, 2.75) is 37.4 Å². The van der Waals surface area contributed by atoms with Gasteiger partial charge in [0.25, 0.3) is 0 Å². The molecule has 0 aromatic rings. The van der Waals surface area contributed by atoms with Gasteiger partial charge in [-0.2, -0.15) is 0 Å². The first-order valence-electron chi connectivity index (χ1n) is 5.15. The average molecular weight is 223 g/mol. The summed E-state index contributed by atoms with van der Waals surface area (Å²) in [5, 5.41) is 0.105. The molecular weight excluding hydrogens is 204 g/mol. The van der Waals surface area contributed by atoms with E-state index in [2.05, 4.69) is 6.92 Å². The minimum atomic E-state index is 0.0540. The zero-order valence-corrected chi connectivity index (χ0v) is 9.63. The molecule has 1 aliphatic rings. The lowest BCUT2D eigenvalue weighted by atomic mass is 9.91. The average Bonchev–Trinajstić information content (AvgIpc) is 2.19. The van der Waals surface area contributed by atoms with E-state index in [1.165, 1.54) is 0 Å². The van der Waals surface area contributed by atoms with Crippen LogP contribution < -0.4 is 0 Å². The molecule has 1 fully saturated rings. The Kier molecular flexibility index (Phi) is 5.78. The first-order chi connectivity index (χ1) is 6.79. The Morgan fingerprint density at radius 3 is 2.57 bits per heavy atom. The molecule has 0 bridgehead atoms. The molecule has 0 amide bonds. The van der Waals surface area contributed by atoms with E-state index in [0.29, 0.717) is 13.2 Å². The fourth-order valence-electron chi connectivity index (χ4n) is 1.44. The molecule has 0 aromatic carbocycles. The molecule has 0 saturated heterocycles. The Morgan fingerprint density at radius 1 is 1.21 bits per heavy atom. The van der Waals surface area contributed by atoms with Crippen molar-refractivity contribution in [2.75, 3.05) is 26.9 Å². The second-order valence-electron chi connectivity index (χ2n) is 3.49. The van der Waals surface area contributed by atoms with E-state index in [-0.39, 0.29) is 17.6 Å². The van der Waals surface area contributed by atoms with Crippen LogP contribution in [0.5, 0.6) is 0 Å². The summed E-state index contributed by atoms with van der Waals surface area (Å²) in [5.41, 5.74) is 0. The van der Waals surface area contributed by atoms with E-state index in [1.807, 2.05) is 0 Å². The third kappa shape index (κ3) is 3.39. The van der Waals surface area contributed by atoms with Crippen molar-refractivity contribution in [3.05, 3.63) is 0 Å². The molecule has 1 aliphatic carbocycles. The molecule has 3 unspecified atom stereocenters. The van der Waals surface area contributed by atoms with Gasteiger partial charge in [0.05, 0.1) is 24.7 Å². The summed E-state index contributed by atoms with van der Waals surface area (Å²) in [5.74, 6) is 0. The monoisotopic (exact) mass is 222 g/mol. The van der Waals surface area contributed by atoms with Crippen molar-refractivity contribution in [3.8, 4) is 0 Å². The SMILES string of the molecule is CCCOC1CC(Cl)C1OCCOC. The van der Waals surface area contributed by atoms with Crippen LogP contribution in [-0.4, -0.2) is 44.5 Å². The molecule has 14 heavy (non-hydrogen) atoms. The molecule has 0 aromatic heterocycles. The van der Waals surface area contributed by atoms with Crippen LogP contribution in [0.4, 0.5) is 0 Å². The fraction of sp³-hybridized carbons (Fsp3) is 1.00. The van der Waals surface area contributed by atoms with Gasteiger partial charge >= 0.3 is 0 Å². The summed E-state index contributed by atoms with van der Waals surface area (Å²) in [6, 6.07) is 0. The summed E-state index contributed by atoms with van der Waals surface area (Å²) >= 11 is 6.02. The van der Waals surface area contributed by atoms with Crippen LogP contribution >= 0.6 is 11.6 Å². The van der Waals surface area contributed by atoms with Crippen molar-refractivity contribution < 1.29 is 14.2 Å². The number of rotatable bonds is 7. The predicted octanol–water partition coefficient (Wildman–Crippen LogP) is 1.82. The zero-order valence-electron chi connectivity index (χ0n) is 8.87. The summed E-state index contributed by atoms with van der Waals surface area (Å²) in [6.07, 6.45) is 2.18. The van der Waals surface area contributed by atoms with E-state index >= 15 is 0 Å². The van der Waals surface area contributed by atoms with Gasteiger partial charge in [-0.15, -0.1) is 11.6 Å². The molecule has 4 heteroatoms. The van der Waals surface area contributed by atoms with E-state index in [1.54, 1.807) is 7.11 Å². The van der Waals surface area contributed by atoms with Gasteiger partial charge in [-0.3, -0.25) is 0 Å². The fourth-order valence-corrected chi connectivity index (χ4v) is 1.85. The minimum Gasteiger partial charge on any atom is -0.382 e. The van der Waals surface area contributed by atoms with E-state index in [0.717, 1.165) is 19.4 Å². The molecule has 0 spiro atoms. The van der Waals surface area contributed by atoms with Gasteiger partial charge in [-0.25, -0.2) is 0 Å². The largest absolute Gasteiger partial charge is 0.382 e. The highest BCUT2D eigenvalue weighted by Gasteiger charge is 2.41. The molecule has 0 radical (unpaired) electrons. The van der Waals surface area contributed by atoms with Crippen LogP contribution in [0, 0.1) is 0 Å². The maximum atomic E-state index is 6.02. The van der Waals surface area contributed by atoms with Gasteiger partial charge in [0.1, 0.15) is 6.10 Å². The summed E-state index contributed by atoms with van der Waals surface area (Å²) in [7, 11) is 1.66. The first-order valence-corrected chi connectivity index (χ1v) is 5.59. The Hall–Kier alpha value is 0.170. The number of halogens is 1. The maximum absolute atomic E-state index is 6.02. The molecule has 1 saturated carbocycles. The molecule has 0 heterocycles. The van der Waals surface area contributed by atoms with Crippen LogP contribution in [0.3, 0.4) is 0 Å². The van der Waals surface area contributed by atoms with Gasteiger partial charge in [-0.1, -0.05) is 6.92 Å². The molecule has 0 N–H and O–H groups in total. The second-order valence-corrected chi connectivity index (χ2v) is 4.05. The molecule has 84 valence electrons. The number of hydrogen-bond acceptors (Lipinski definition) is 3. The quantitative estimate of drug-likeness (QED) is 0.486. The topological polar surface area (TPSA) is 27.7 Å². The first kappa shape index (κ1) is 12.2. The van der Waals surface area contributed by atoms with Crippen molar-refractivity contribution in [1.82, 2.24) is 0 Å². The third-order valence-corrected chi connectivity index (χ3v) is 2.74. The molecular formula is C10H19ClO3. The number of hydrogen-bond donors (Lipinski definition) is 0. The minimum absolute atomic E-state index is 0.0540. The third-order valence-electron chi connectivity index (χ3n) is 2.31. The standard InChI is InChI=1S/C10H19ClO3/c1-3-4-13-9-7-8(11)10(9)14-6-5-12-2/h8-10H,3-7H2,1-2H3. The summed E-state index contributed by atoms with van der Waals surface area (Å²) in [6.45, 7) is 4.09. The van der Waals surface area contributed by atoms with Crippen molar-refractivity contribution in [2.24, 2.45) is 0 Å². The van der Waals surface area contributed by atoms with Gasteiger partial charge in [0.15, 0.2) is 0 Å². The Bertz CT molecular complexity index is 154. The van der Waals surface area contributed by atoms with Crippen molar-refractivity contribution >= 4 is 11.6 Å². The van der Waals surface area contributed by atoms with Gasteiger partial charge in [0, 0.05) is 13.7 Å². The Balaban J connectivity index is 2.13. The zero-order chi connectivity index (χ0) is 10.4. The van der Waals surface area contributed by atoms with Gasteiger partial charge in [0.2, 0.25) is 0 Å². The van der Waals surface area contributed by atoms with Crippen LogP contribution in [0.25, 0.3) is 0 Å². The highest BCUT2D eigenvalue weighted by atomic mass is 35.5. The molecule has 3 nitrogen and oxygen atoms in total. The van der Waals surface area contributed by atoms with Gasteiger partial charge in [-0.05, 0) is 12.8 Å². The summed E-state index contributed by atoms with van der Waals surface area (Å²) in [4.78, 5) is 0. The van der Waals surface area contributed by atoms with Crippen LogP contribution in [0.1, 0.15) is 19.8 Å². The Labute approximate surface area is 90.7 Å². The molecule has 1 rings (SSSR count). The predicted molar refractivity (Wildman–Crippen MR) is 55.9 cm³/mol. The lowest BCUT2D eigenvalue weighted by Crippen LogP contribution is -2.51. The smallest absolute Gasteiger partial charge is 0.100 e. The van der Waals surface area contributed by atoms with E-state index in [4.69, 9.17) is 25.8 Å². The number of methoxy groups -OCH3 is 1. The Morgan fingerprint density at radius 2 is 2.00 bits per heavy atom. The van der Waals surface area contributed by atoms with Crippen LogP contribution in [-0.2, 0) is 14.2 Å². The van der Waals surface area contributed by atoms with Crippen LogP contribution in [0.15, 0.2) is 0 Å². The lowest BCUT2D eigenvalue weighted by molar-refractivity contribution is -0.129. The van der Waals surface area contributed by atoms with E-state index in [9.17, 15) is 0 Å². The maximum Gasteiger partial charge on any atom is 0.100 e. The van der Waals surface area contributed by atoms with Crippen LogP contribution in [0.2, 0.25) is 0 Å².